The number of piperazine rings is 1. The van der Waals surface area contributed by atoms with Gasteiger partial charge in [0, 0.05) is 54.5 Å². The number of aromatic nitrogens is 1. The highest BCUT2D eigenvalue weighted by Gasteiger charge is 2.39. The summed E-state index contributed by atoms with van der Waals surface area (Å²) in [5.41, 5.74) is 2.68. The Morgan fingerprint density at radius 3 is 2.31 bits per heavy atom. The van der Waals surface area contributed by atoms with E-state index >= 15 is 0 Å². The van der Waals surface area contributed by atoms with Gasteiger partial charge in [-0.1, -0.05) is 12.8 Å². The van der Waals surface area contributed by atoms with Gasteiger partial charge >= 0.3 is 0 Å². The first-order valence-electron chi connectivity index (χ1n) is 10.8. The molecular formula is C23H32N4OS. The maximum absolute atomic E-state index is 13.0. The summed E-state index contributed by atoms with van der Waals surface area (Å²) in [6, 6.07) is 8.72. The molecule has 2 heterocycles. The van der Waals surface area contributed by atoms with E-state index in [1.165, 1.54) is 5.69 Å². The van der Waals surface area contributed by atoms with E-state index < -0.39 is 0 Å². The number of carbonyl (C=O) groups is 1. The SMILES string of the molecule is Cc1csc(C2(NC(=O)c3ccc(N4CCN(C(C)C)CC4)cc3)CCCC2)n1. The predicted molar refractivity (Wildman–Crippen MR) is 120 cm³/mol. The van der Waals surface area contributed by atoms with Crippen LogP contribution in [0.3, 0.4) is 0 Å². The predicted octanol–water partition coefficient (Wildman–Crippen LogP) is 4.18. The summed E-state index contributed by atoms with van der Waals surface area (Å²) in [4.78, 5) is 22.7. The number of amides is 1. The van der Waals surface area contributed by atoms with Gasteiger partial charge in [-0.05, 0) is 57.9 Å². The number of anilines is 1. The topological polar surface area (TPSA) is 48.5 Å². The number of nitrogens with one attached hydrogen (secondary N) is 1. The fourth-order valence-electron chi connectivity index (χ4n) is 4.55. The normalized spacial score (nSPS) is 19.7. The lowest BCUT2D eigenvalue weighted by Crippen LogP contribution is -2.48. The molecule has 4 rings (SSSR count). The van der Waals surface area contributed by atoms with Crippen molar-refractivity contribution in [1.29, 1.82) is 0 Å². The van der Waals surface area contributed by atoms with Crippen LogP contribution in [0.2, 0.25) is 0 Å². The molecule has 5 nitrogen and oxygen atoms in total. The monoisotopic (exact) mass is 412 g/mol. The van der Waals surface area contributed by atoms with Crippen LogP contribution in [-0.4, -0.2) is 48.0 Å². The second-order valence-electron chi connectivity index (χ2n) is 8.70. The van der Waals surface area contributed by atoms with Gasteiger partial charge in [0.05, 0.1) is 5.54 Å². The van der Waals surface area contributed by atoms with E-state index in [4.69, 9.17) is 4.98 Å². The summed E-state index contributed by atoms with van der Waals surface area (Å²) in [7, 11) is 0. The van der Waals surface area contributed by atoms with Crippen molar-refractivity contribution in [3.63, 3.8) is 0 Å². The summed E-state index contributed by atoms with van der Waals surface area (Å²) in [6.45, 7) is 10.8. The largest absolute Gasteiger partial charge is 0.369 e. The molecule has 2 fully saturated rings. The van der Waals surface area contributed by atoms with Crippen molar-refractivity contribution in [2.45, 2.75) is 58.0 Å². The number of rotatable bonds is 5. The Kier molecular flexibility index (Phi) is 5.93. The van der Waals surface area contributed by atoms with E-state index in [0.717, 1.165) is 68.1 Å². The van der Waals surface area contributed by atoms with E-state index in [0.29, 0.717) is 6.04 Å². The molecule has 0 spiro atoms. The quantitative estimate of drug-likeness (QED) is 0.800. The highest BCUT2D eigenvalue weighted by molar-refractivity contribution is 7.09. The number of nitrogens with zero attached hydrogens (tertiary/aromatic N) is 3. The summed E-state index contributed by atoms with van der Waals surface area (Å²) in [6.07, 6.45) is 4.23. The van der Waals surface area contributed by atoms with Crippen molar-refractivity contribution >= 4 is 22.9 Å². The number of aryl methyl sites for hydroxylation is 1. The van der Waals surface area contributed by atoms with E-state index in [1.54, 1.807) is 11.3 Å². The molecule has 1 aromatic heterocycles. The number of carbonyl (C=O) groups excluding carboxylic acids is 1. The molecule has 0 bridgehead atoms. The lowest BCUT2D eigenvalue weighted by atomic mass is 9.97. The average molecular weight is 413 g/mol. The molecule has 2 aliphatic rings. The molecular weight excluding hydrogens is 380 g/mol. The zero-order valence-electron chi connectivity index (χ0n) is 17.8. The maximum atomic E-state index is 13.0. The number of benzene rings is 1. The molecule has 6 heteroatoms. The Balaban J connectivity index is 1.43. The van der Waals surface area contributed by atoms with Crippen molar-refractivity contribution < 1.29 is 4.79 Å². The lowest BCUT2D eigenvalue weighted by molar-refractivity contribution is 0.0898. The van der Waals surface area contributed by atoms with E-state index in [-0.39, 0.29) is 11.4 Å². The summed E-state index contributed by atoms with van der Waals surface area (Å²) in [5, 5.41) is 6.48. The highest BCUT2D eigenvalue weighted by atomic mass is 32.1. The van der Waals surface area contributed by atoms with Crippen molar-refractivity contribution in [3.05, 3.63) is 45.9 Å². The Hall–Kier alpha value is -1.92. The Bertz CT molecular complexity index is 831. The van der Waals surface area contributed by atoms with Crippen LogP contribution >= 0.6 is 11.3 Å². The molecule has 1 amide bonds. The van der Waals surface area contributed by atoms with Crippen LogP contribution in [0.1, 0.15) is 60.6 Å². The molecule has 156 valence electrons. The van der Waals surface area contributed by atoms with Crippen molar-refractivity contribution in [1.82, 2.24) is 15.2 Å². The second kappa shape index (κ2) is 8.44. The van der Waals surface area contributed by atoms with Crippen molar-refractivity contribution in [2.75, 3.05) is 31.1 Å². The van der Waals surface area contributed by atoms with Crippen LogP contribution in [0.25, 0.3) is 0 Å². The highest BCUT2D eigenvalue weighted by Crippen LogP contribution is 2.40. The summed E-state index contributed by atoms with van der Waals surface area (Å²) in [5.74, 6) is 0.0101. The van der Waals surface area contributed by atoms with Crippen LogP contribution in [0.15, 0.2) is 29.6 Å². The average Bonchev–Trinajstić information content (AvgIpc) is 3.38. The van der Waals surface area contributed by atoms with E-state index in [9.17, 15) is 4.79 Å². The minimum Gasteiger partial charge on any atom is -0.369 e. The Labute approximate surface area is 178 Å². The molecule has 1 saturated carbocycles. The smallest absolute Gasteiger partial charge is 0.252 e. The van der Waals surface area contributed by atoms with Crippen LogP contribution < -0.4 is 10.2 Å². The molecule has 29 heavy (non-hydrogen) atoms. The molecule has 2 aromatic rings. The lowest BCUT2D eigenvalue weighted by Gasteiger charge is -2.38. The third kappa shape index (κ3) is 4.33. The van der Waals surface area contributed by atoms with Gasteiger partial charge in [0.25, 0.3) is 5.91 Å². The molecule has 0 radical (unpaired) electrons. The molecule has 1 aromatic carbocycles. The van der Waals surface area contributed by atoms with Gasteiger partial charge in [0.1, 0.15) is 5.01 Å². The van der Waals surface area contributed by atoms with Gasteiger partial charge in [-0.15, -0.1) is 11.3 Å². The molecule has 1 aliphatic heterocycles. The Morgan fingerprint density at radius 1 is 1.10 bits per heavy atom. The fourth-order valence-corrected chi connectivity index (χ4v) is 5.57. The summed E-state index contributed by atoms with van der Waals surface area (Å²) < 4.78 is 0. The first kappa shape index (κ1) is 20.4. The van der Waals surface area contributed by atoms with Crippen molar-refractivity contribution in [3.8, 4) is 0 Å². The van der Waals surface area contributed by atoms with Crippen LogP contribution in [-0.2, 0) is 5.54 Å². The van der Waals surface area contributed by atoms with Crippen LogP contribution in [0, 0.1) is 6.92 Å². The van der Waals surface area contributed by atoms with Crippen molar-refractivity contribution in [2.24, 2.45) is 0 Å². The number of hydrogen-bond donors (Lipinski definition) is 1. The number of hydrogen-bond acceptors (Lipinski definition) is 5. The van der Waals surface area contributed by atoms with Crippen LogP contribution in [0.4, 0.5) is 5.69 Å². The van der Waals surface area contributed by atoms with Gasteiger partial charge in [-0.2, -0.15) is 0 Å². The zero-order chi connectivity index (χ0) is 20.4. The third-order valence-electron chi connectivity index (χ3n) is 6.38. The maximum Gasteiger partial charge on any atom is 0.252 e. The van der Waals surface area contributed by atoms with E-state index in [1.807, 2.05) is 19.1 Å². The van der Waals surface area contributed by atoms with Crippen LogP contribution in [0.5, 0.6) is 0 Å². The first-order valence-corrected chi connectivity index (χ1v) is 11.7. The molecule has 1 aliphatic carbocycles. The molecule has 1 N–H and O–H groups in total. The number of thiazole rings is 1. The minimum absolute atomic E-state index is 0.0101. The van der Waals surface area contributed by atoms with Gasteiger partial charge in [0.15, 0.2) is 0 Å². The van der Waals surface area contributed by atoms with Gasteiger partial charge in [0.2, 0.25) is 0 Å². The zero-order valence-corrected chi connectivity index (χ0v) is 18.6. The minimum atomic E-state index is -0.290. The molecule has 0 unspecified atom stereocenters. The summed E-state index contributed by atoms with van der Waals surface area (Å²) >= 11 is 1.67. The second-order valence-corrected chi connectivity index (χ2v) is 9.56. The molecule has 1 saturated heterocycles. The van der Waals surface area contributed by atoms with Gasteiger partial charge in [-0.25, -0.2) is 4.98 Å². The van der Waals surface area contributed by atoms with Gasteiger partial charge in [-0.3, -0.25) is 9.69 Å². The standard InChI is InChI=1S/C23H32N4OS/c1-17(2)26-12-14-27(15-13-26)20-8-6-19(7-9-20)21(28)25-23(10-4-5-11-23)22-24-18(3)16-29-22/h6-9,16-17H,4-5,10-15H2,1-3H3,(H,25,28). The first-order chi connectivity index (χ1) is 14.0. The fraction of sp³-hybridized carbons (Fsp3) is 0.565. The van der Waals surface area contributed by atoms with Gasteiger partial charge < -0.3 is 10.2 Å². The third-order valence-corrected chi connectivity index (χ3v) is 7.54. The molecule has 0 atom stereocenters. The Morgan fingerprint density at radius 2 is 1.76 bits per heavy atom. The van der Waals surface area contributed by atoms with E-state index in [2.05, 4.69) is 46.5 Å².